The van der Waals surface area contributed by atoms with E-state index in [4.69, 9.17) is 11.6 Å². The number of sulfonamides is 1. The van der Waals surface area contributed by atoms with Crippen LogP contribution >= 0.6 is 11.6 Å². The number of carbonyl (C=O) groups excluding carboxylic acids is 2. The lowest BCUT2D eigenvalue weighted by atomic mass is 10.2. The summed E-state index contributed by atoms with van der Waals surface area (Å²) in [5.74, 6) is -1.21. The molecule has 0 unspecified atom stereocenters. The molecule has 2 aromatic rings. The number of methoxy groups -OCH3 is 1. The van der Waals surface area contributed by atoms with Crippen LogP contribution in [0.5, 0.6) is 0 Å². The number of ether oxygens (including phenoxy) is 1. The molecule has 1 amide bonds. The second kappa shape index (κ2) is 8.62. The summed E-state index contributed by atoms with van der Waals surface area (Å²) in [7, 11) is -2.51. The molecule has 2 rings (SSSR count). The zero-order valence-corrected chi connectivity index (χ0v) is 17.5. The number of rotatable bonds is 6. The summed E-state index contributed by atoms with van der Waals surface area (Å²) in [5.41, 5.74) is 1.63. The Hall–Kier alpha value is -2.58. The molecule has 0 spiro atoms. The molecule has 2 aromatic carbocycles. The fraction of sp³-hybridized carbons (Fsp3) is 0.263. The van der Waals surface area contributed by atoms with Gasteiger partial charge in [0.2, 0.25) is 15.9 Å². The van der Waals surface area contributed by atoms with Crippen molar-refractivity contribution in [3.8, 4) is 0 Å². The van der Waals surface area contributed by atoms with Crippen molar-refractivity contribution in [2.45, 2.75) is 19.9 Å². The highest BCUT2D eigenvalue weighted by atomic mass is 35.5. The predicted molar refractivity (Wildman–Crippen MR) is 109 cm³/mol. The maximum Gasteiger partial charge on any atom is 0.339 e. The third-order valence-corrected chi connectivity index (χ3v) is 5.56. The van der Waals surface area contributed by atoms with E-state index in [0.29, 0.717) is 11.4 Å². The Kier molecular flexibility index (Phi) is 6.69. The molecule has 150 valence electrons. The van der Waals surface area contributed by atoms with Crippen LogP contribution in [0.25, 0.3) is 0 Å². The predicted octanol–water partition coefficient (Wildman–Crippen LogP) is 3.23. The summed E-state index contributed by atoms with van der Waals surface area (Å²) >= 11 is 5.97. The first-order valence-corrected chi connectivity index (χ1v) is 10.5. The van der Waals surface area contributed by atoms with Gasteiger partial charge in [0, 0.05) is 5.69 Å². The SMILES string of the molecule is COC(=O)c1cc(NC(=O)[C@@H](C)N(c2cccc(C)c2)S(C)(=O)=O)ccc1Cl. The van der Waals surface area contributed by atoms with Crippen LogP contribution in [-0.4, -0.2) is 39.7 Å². The molecule has 7 nitrogen and oxygen atoms in total. The minimum atomic E-state index is -3.73. The molecule has 0 bridgehead atoms. The van der Waals surface area contributed by atoms with Crippen molar-refractivity contribution in [2.24, 2.45) is 0 Å². The number of nitrogens with zero attached hydrogens (tertiary/aromatic N) is 1. The second-order valence-corrected chi connectivity index (χ2v) is 8.52. The first kappa shape index (κ1) is 21.7. The van der Waals surface area contributed by atoms with Crippen molar-refractivity contribution >= 4 is 44.9 Å². The number of amides is 1. The zero-order chi connectivity index (χ0) is 21.1. The Morgan fingerprint density at radius 1 is 1.18 bits per heavy atom. The third-order valence-electron chi connectivity index (χ3n) is 3.98. The van der Waals surface area contributed by atoms with Crippen LogP contribution in [0.3, 0.4) is 0 Å². The maximum absolute atomic E-state index is 12.7. The Morgan fingerprint density at radius 3 is 2.43 bits per heavy atom. The molecule has 1 N–H and O–H groups in total. The van der Waals surface area contributed by atoms with Gasteiger partial charge in [-0.05, 0) is 49.7 Å². The van der Waals surface area contributed by atoms with E-state index in [9.17, 15) is 18.0 Å². The Balaban J connectivity index is 2.33. The van der Waals surface area contributed by atoms with Crippen molar-refractivity contribution < 1.29 is 22.7 Å². The van der Waals surface area contributed by atoms with E-state index < -0.39 is 27.9 Å². The van der Waals surface area contributed by atoms with Gasteiger partial charge in [-0.3, -0.25) is 9.10 Å². The quantitative estimate of drug-likeness (QED) is 0.718. The largest absolute Gasteiger partial charge is 0.465 e. The van der Waals surface area contributed by atoms with Gasteiger partial charge >= 0.3 is 5.97 Å². The molecule has 0 fully saturated rings. The number of nitrogens with one attached hydrogen (secondary N) is 1. The van der Waals surface area contributed by atoms with Crippen molar-refractivity contribution in [3.05, 3.63) is 58.6 Å². The minimum Gasteiger partial charge on any atom is -0.465 e. The van der Waals surface area contributed by atoms with E-state index in [1.54, 1.807) is 18.2 Å². The normalized spacial score (nSPS) is 12.2. The van der Waals surface area contributed by atoms with Gasteiger partial charge < -0.3 is 10.1 Å². The van der Waals surface area contributed by atoms with Crippen molar-refractivity contribution in [1.82, 2.24) is 0 Å². The number of benzene rings is 2. The van der Waals surface area contributed by atoms with Crippen LogP contribution in [0.15, 0.2) is 42.5 Å². The van der Waals surface area contributed by atoms with Gasteiger partial charge in [0.15, 0.2) is 0 Å². The van der Waals surface area contributed by atoms with E-state index in [1.807, 2.05) is 13.0 Å². The van der Waals surface area contributed by atoms with E-state index in [-0.39, 0.29) is 10.6 Å². The number of anilines is 2. The summed E-state index contributed by atoms with van der Waals surface area (Å²) in [5, 5.41) is 2.79. The van der Waals surface area contributed by atoms with Crippen molar-refractivity contribution in [3.63, 3.8) is 0 Å². The van der Waals surface area contributed by atoms with Gasteiger partial charge in [-0.25, -0.2) is 13.2 Å². The fourth-order valence-corrected chi connectivity index (χ4v) is 4.05. The third kappa shape index (κ3) is 5.02. The summed E-state index contributed by atoms with van der Waals surface area (Å²) in [4.78, 5) is 24.5. The molecule has 0 radical (unpaired) electrons. The van der Waals surface area contributed by atoms with Crippen LogP contribution < -0.4 is 9.62 Å². The van der Waals surface area contributed by atoms with Crippen LogP contribution in [0.1, 0.15) is 22.8 Å². The molecule has 0 aliphatic carbocycles. The summed E-state index contributed by atoms with van der Waals surface area (Å²) < 4.78 is 30.4. The first-order chi connectivity index (χ1) is 13.0. The molecule has 0 aromatic heterocycles. The summed E-state index contributed by atoms with van der Waals surface area (Å²) in [6.45, 7) is 3.31. The monoisotopic (exact) mass is 424 g/mol. The number of carbonyl (C=O) groups is 2. The summed E-state index contributed by atoms with van der Waals surface area (Å²) in [6.07, 6.45) is 1.04. The van der Waals surface area contributed by atoms with Crippen LogP contribution in [0, 0.1) is 6.92 Å². The summed E-state index contributed by atoms with van der Waals surface area (Å²) in [6, 6.07) is 10.1. The molecular weight excluding hydrogens is 404 g/mol. The molecule has 0 saturated heterocycles. The van der Waals surface area contributed by atoms with Gasteiger partial charge in [0.05, 0.1) is 29.6 Å². The number of hydrogen-bond donors (Lipinski definition) is 1. The standard InChI is InChI=1S/C19H21ClN2O5S/c1-12-6-5-7-15(10-12)22(28(4,25)26)13(2)18(23)21-14-8-9-17(20)16(11-14)19(24)27-3/h5-11,13H,1-4H3,(H,21,23)/t13-/m1/s1. The maximum atomic E-state index is 12.7. The molecule has 0 aliphatic heterocycles. The highest BCUT2D eigenvalue weighted by molar-refractivity contribution is 7.92. The van der Waals surface area contributed by atoms with Crippen LogP contribution in [0.4, 0.5) is 11.4 Å². The topological polar surface area (TPSA) is 92.8 Å². The number of aryl methyl sites for hydroxylation is 1. The second-order valence-electron chi connectivity index (χ2n) is 6.25. The zero-order valence-electron chi connectivity index (χ0n) is 15.9. The van der Waals surface area contributed by atoms with Crippen LogP contribution in [0.2, 0.25) is 5.02 Å². The van der Waals surface area contributed by atoms with Crippen molar-refractivity contribution in [1.29, 1.82) is 0 Å². The lowest BCUT2D eigenvalue weighted by Crippen LogP contribution is -2.45. The lowest BCUT2D eigenvalue weighted by Gasteiger charge is -2.28. The Morgan fingerprint density at radius 2 is 1.86 bits per heavy atom. The fourth-order valence-electron chi connectivity index (χ4n) is 2.69. The molecule has 1 atom stereocenters. The first-order valence-electron chi connectivity index (χ1n) is 8.29. The Bertz CT molecular complexity index is 1010. The molecule has 0 heterocycles. The van der Waals surface area contributed by atoms with Gasteiger partial charge in [-0.15, -0.1) is 0 Å². The molecule has 9 heteroatoms. The van der Waals surface area contributed by atoms with Gasteiger partial charge in [-0.1, -0.05) is 23.7 Å². The highest BCUT2D eigenvalue weighted by Crippen LogP contribution is 2.24. The minimum absolute atomic E-state index is 0.0910. The number of esters is 1. The molecule has 28 heavy (non-hydrogen) atoms. The van der Waals surface area contributed by atoms with E-state index in [0.717, 1.165) is 16.1 Å². The van der Waals surface area contributed by atoms with Gasteiger partial charge in [0.1, 0.15) is 6.04 Å². The average molecular weight is 425 g/mol. The van der Waals surface area contributed by atoms with Crippen LogP contribution in [-0.2, 0) is 19.6 Å². The Labute approximate surface area is 169 Å². The van der Waals surface area contributed by atoms with Gasteiger partial charge in [0.25, 0.3) is 0 Å². The van der Waals surface area contributed by atoms with Crippen molar-refractivity contribution in [2.75, 3.05) is 23.0 Å². The number of halogens is 1. The number of hydrogen-bond acceptors (Lipinski definition) is 5. The van der Waals surface area contributed by atoms with E-state index in [2.05, 4.69) is 10.1 Å². The highest BCUT2D eigenvalue weighted by Gasteiger charge is 2.29. The van der Waals surface area contributed by atoms with E-state index in [1.165, 1.54) is 32.2 Å². The smallest absolute Gasteiger partial charge is 0.339 e. The molecular formula is C19H21ClN2O5S. The molecule has 0 aliphatic rings. The van der Waals surface area contributed by atoms with Gasteiger partial charge in [-0.2, -0.15) is 0 Å². The molecule has 0 saturated carbocycles. The lowest BCUT2D eigenvalue weighted by molar-refractivity contribution is -0.116. The average Bonchev–Trinajstić information content (AvgIpc) is 2.61. The van der Waals surface area contributed by atoms with E-state index >= 15 is 0 Å².